The molecule has 0 unspecified atom stereocenters. The summed E-state index contributed by atoms with van der Waals surface area (Å²) in [6.07, 6.45) is 1.88. The first-order chi connectivity index (χ1) is 20.6. The number of fused-ring (bicyclic) bond motifs is 2. The molecule has 1 N–H and O–H groups in total. The van der Waals surface area contributed by atoms with Crippen LogP contribution in [0, 0.1) is 6.92 Å². The number of hydrogen-bond donors (Lipinski definition) is 1. The van der Waals surface area contributed by atoms with Gasteiger partial charge in [0, 0.05) is 25.6 Å². The van der Waals surface area contributed by atoms with Crippen molar-refractivity contribution in [1.82, 2.24) is 19.1 Å². The standard InChI is InChI=1S/C37H38N4O2/c1-7-12-33-39-34-23(2)19-25(35-38-30-15-10-11-16-31(30)40(35)6)21-32(34)41(33)22-24-17-18-27(29(20-24)37(3,4)5)26-13-8-9-14-28(26)36(42)43/h8-11,13-21H,7,12,22H2,1-6H3,(H,42,43). The number of aromatic nitrogens is 4. The number of para-hydroxylation sites is 2. The topological polar surface area (TPSA) is 72.9 Å². The third-order valence-corrected chi connectivity index (χ3v) is 8.32. The van der Waals surface area contributed by atoms with Gasteiger partial charge in [0.05, 0.1) is 27.6 Å². The molecule has 0 spiro atoms. The van der Waals surface area contributed by atoms with E-state index >= 15 is 0 Å². The summed E-state index contributed by atoms with van der Waals surface area (Å²) in [6.45, 7) is 11.5. The van der Waals surface area contributed by atoms with Crippen LogP contribution in [0.15, 0.2) is 78.9 Å². The van der Waals surface area contributed by atoms with Gasteiger partial charge in [0.2, 0.25) is 0 Å². The van der Waals surface area contributed by atoms with Crippen molar-refractivity contribution in [2.75, 3.05) is 0 Å². The molecule has 2 heterocycles. The first-order valence-electron chi connectivity index (χ1n) is 14.9. The minimum atomic E-state index is -0.916. The third-order valence-electron chi connectivity index (χ3n) is 8.32. The molecule has 6 rings (SSSR count). The number of rotatable bonds is 7. The molecule has 0 saturated heterocycles. The van der Waals surface area contributed by atoms with Crippen LogP contribution in [0.1, 0.15) is 67.0 Å². The highest BCUT2D eigenvalue weighted by Crippen LogP contribution is 2.36. The average molecular weight is 571 g/mol. The van der Waals surface area contributed by atoms with E-state index in [4.69, 9.17) is 9.97 Å². The lowest BCUT2D eigenvalue weighted by molar-refractivity contribution is 0.0697. The van der Waals surface area contributed by atoms with E-state index in [1.807, 2.05) is 24.3 Å². The zero-order valence-electron chi connectivity index (χ0n) is 25.8. The molecule has 0 bridgehead atoms. The zero-order valence-corrected chi connectivity index (χ0v) is 25.8. The molecule has 0 aliphatic carbocycles. The Morgan fingerprint density at radius 1 is 0.884 bits per heavy atom. The number of hydrogen-bond acceptors (Lipinski definition) is 3. The minimum Gasteiger partial charge on any atom is -0.478 e. The van der Waals surface area contributed by atoms with Crippen molar-refractivity contribution in [3.63, 3.8) is 0 Å². The number of nitrogens with zero attached hydrogens (tertiary/aromatic N) is 4. The van der Waals surface area contributed by atoms with Gasteiger partial charge in [0.15, 0.2) is 0 Å². The summed E-state index contributed by atoms with van der Waals surface area (Å²) in [5.74, 6) is 1.09. The third kappa shape index (κ3) is 5.11. The summed E-state index contributed by atoms with van der Waals surface area (Å²) >= 11 is 0. The molecule has 218 valence electrons. The van der Waals surface area contributed by atoms with Crippen LogP contribution in [0.2, 0.25) is 0 Å². The molecular weight excluding hydrogens is 532 g/mol. The van der Waals surface area contributed by atoms with Gasteiger partial charge in [-0.25, -0.2) is 14.8 Å². The Morgan fingerprint density at radius 2 is 1.63 bits per heavy atom. The summed E-state index contributed by atoms with van der Waals surface area (Å²) in [5.41, 5.74) is 10.5. The fourth-order valence-electron chi connectivity index (χ4n) is 6.20. The Balaban J connectivity index is 1.50. The molecule has 4 aromatic carbocycles. The lowest BCUT2D eigenvalue weighted by atomic mass is 9.80. The van der Waals surface area contributed by atoms with Gasteiger partial charge in [-0.15, -0.1) is 0 Å². The Morgan fingerprint density at radius 3 is 2.35 bits per heavy atom. The van der Waals surface area contributed by atoms with E-state index in [9.17, 15) is 9.90 Å². The van der Waals surface area contributed by atoms with Crippen molar-refractivity contribution in [2.45, 2.75) is 59.4 Å². The van der Waals surface area contributed by atoms with Gasteiger partial charge < -0.3 is 14.2 Å². The Hall–Kier alpha value is -4.71. The largest absolute Gasteiger partial charge is 0.478 e. The molecule has 6 heteroatoms. The summed E-state index contributed by atoms with van der Waals surface area (Å²) in [7, 11) is 2.07. The Kier molecular flexibility index (Phi) is 7.17. The highest BCUT2D eigenvalue weighted by molar-refractivity contribution is 5.96. The molecule has 0 fully saturated rings. The van der Waals surface area contributed by atoms with E-state index in [0.717, 1.165) is 79.9 Å². The number of imidazole rings is 2. The van der Waals surface area contributed by atoms with Crippen molar-refractivity contribution in [1.29, 1.82) is 0 Å². The van der Waals surface area contributed by atoms with Crippen molar-refractivity contribution in [2.24, 2.45) is 7.05 Å². The molecule has 43 heavy (non-hydrogen) atoms. The SMILES string of the molecule is CCCc1nc2c(C)cc(-c3nc4ccccc4n3C)cc2n1Cc1ccc(-c2ccccc2C(=O)O)c(C(C)(C)C)c1. The quantitative estimate of drug-likeness (QED) is 0.209. The maximum absolute atomic E-state index is 12.1. The summed E-state index contributed by atoms with van der Waals surface area (Å²) in [4.78, 5) is 22.2. The fraction of sp³-hybridized carbons (Fsp3) is 0.270. The molecule has 0 radical (unpaired) electrons. The number of benzene rings is 4. The number of aromatic carboxylic acids is 1. The van der Waals surface area contributed by atoms with Gasteiger partial charge in [0.1, 0.15) is 11.6 Å². The first-order valence-corrected chi connectivity index (χ1v) is 14.9. The number of carboxylic acids is 1. The lowest BCUT2D eigenvalue weighted by Crippen LogP contribution is -2.15. The number of carbonyl (C=O) groups is 1. The van der Waals surface area contributed by atoms with Crippen LogP contribution in [0.4, 0.5) is 0 Å². The van der Waals surface area contributed by atoms with E-state index in [-0.39, 0.29) is 5.41 Å². The summed E-state index contributed by atoms with van der Waals surface area (Å²) in [6, 6.07) is 26.4. The van der Waals surface area contributed by atoms with Crippen LogP contribution in [0.25, 0.3) is 44.6 Å². The molecule has 0 amide bonds. The predicted molar refractivity (Wildman–Crippen MR) is 175 cm³/mol. The minimum absolute atomic E-state index is 0.190. The molecule has 0 aliphatic heterocycles. The molecule has 0 saturated carbocycles. The monoisotopic (exact) mass is 570 g/mol. The van der Waals surface area contributed by atoms with Gasteiger partial charge in [-0.1, -0.05) is 76.2 Å². The lowest BCUT2D eigenvalue weighted by Gasteiger charge is -2.25. The van der Waals surface area contributed by atoms with Crippen LogP contribution in [0.5, 0.6) is 0 Å². The van der Waals surface area contributed by atoms with Crippen LogP contribution >= 0.6 is 0 Å². The van der Waals surface area contributed by atoms with Gasteiger partial charge in [-0.05, 0) is 76.9 Å². The van der Waals surface area contributed by atoms with Gasteiger partial charge in [-0.2, -0.15) is 0 Å². The molecular formula is C37H38N4O2. The first kappa shape index (κ1) is 28.4. The van der Waals surface area contributed by atoms with E-state index in [0.29, 0.717) is 12.1 Å². The normalized spacial score (nSPS) is 12.0. The second-order valence-corrected chi connectivity index (χ2v) is 12.5. The second-order valence-electron chi connectivity index (χ2n) is 12.5. The van der Waals surface area contributed by atoms with E-state index in [2.05, 4.69) is 93.3 Å². The van der Waals surface area contributed by atoms with Gasteiger partial charge in [-0.3, -0.25) is 0 Å². The van der Waals surface area contributed by atoms with Crippen LogP contribution in [0.3, 0.4) is 0 Å². The highest BCUT2D eigenvalue weighted by atomic mass is 16.4. The van der Waals surface area contributed by atoms with Gasteiger partial charge >= 0.3 is 5.97 Å². The highest BCUT2D eigenvalue weighted by Gasteiger charge is 2.23. The number of carboxylic acid groups (broad SMARTS) is 1. The van der Waals surface area contributed by atoms with Gasteiger partial charge in [0.25, 0.3) is 0 Å². The smallest absolute Gasteiger partial charge is 0.336 e. The average Bonchev–Trinajstić information content (AvgIpc) is 3.50. The molecule has 2 aromatic heterocycles. The number of aryl methyl sites for hydroxylation is 3. The maximum Gasteiger partial charge on any atom is 0.336 e. The zero-order chi connectivity index (χ0) is 30.5. The summed E-state index contributed by atoms with van der Waals surface area (Å²) in [5, 5.41) is 9.90. The Bertz CT molecular complexity index is 2010. The van der Waals surface area contributed by atoms with E-state index in [1.165, 1.54) is 0 Å². The van der Waals surface area contributed by atoms with Crippen LogP contribution in [-0.4, -0.2) is 30.2 Å². The Labute approximate surface area is 252 Å². The predicted octanol–water partition coefficient (Wildman–Crippen LogP) is 8.56. The van der Waals surface area contributed by atoms with Crippen molar-refractivity contribution in [3.8, 4) is 22.5 Å². The fourth-order valence-corrected chi connectivity index (χ4v) is 6.20. The second kappa shape index (κ2) is 10.8. The van der Waals surface area contributed by atoms with E-state index in [1.54, 1.807) is 12.1 Å². The maximum atomic E-state index is 12.1. The molecule has 6 nitrogen and oxygen atoms in total. The molecule has 6 aromatic rings. The van der Waals surface area contributed by atoms with Crippen molar-refractivity contribution < 1.29 is 9.90 Å². The molecule has 0 aliphatic rings. The summed E-state index contributed by atoms with van der Waals surface area (Å²) < 4.78 is 4.51. The van der Waals surface area contributed by atoms with Crippen molar-refractivity contribution in [3.05, 3.63) is 107 Å². The van der Waals surface area contributed by atoms with Crippen LogP contribution < -0.4 is 0 Å². The van der Waals surface area contributed by atoms with Crippen LogP contribution in [-0.2, 0) is 25.4 Å². The molecule has 0 atom stereocenters. The van der Waals surface area contributed by atoms with Crippen molar-refractivity contribution >= 4 is 28.0 Å². The van der Waals surface area contributed by atoms with E-state index < -0.39 is 5.97 Å².